The van der Waals surface area contributed by atoms with Crippen molar-refractivity contribution in [2.45, 2.75) is 45.1 Å². The number of methoxy groups -OCH3 is 1. The van der Waals surface area contributed by atoms with Crippen molar-refractivity contribution in [2.24, 2.45) is 4.99 Å². The quantitative estimate of drug-likeness (QED) is 0.249. The largest absolute Gasteiger partial charge is 0.496 e. The second kappa shape index (κ2) is 14.1. The number of likely N-dealkylation sites (tertiary alicyclic amines) is 1. The molecule has 1 heterocycles. The van der Waals surface area contributed by atoms with E-state index in [1.54, 1.807) is 7.11 Å². The fraction of sp³-hybridized carbons (Fsp3) is 0.650. The van der Waals surface area contributed by atoms with Crippen LogP contribution in [-0.4, -0.2) is 51.2 Å². The average Bonchev–Trinajstić information content (AvgIpc) is 2.68. The number of hydrogen-bond donors (Lipinski definition) is 2. The number of halogens is 1. The van der Waals surface area contributed by atoms with Crippen LogP contribution in [0.15, 0.2) is 29.3 Å². The summed E-state index contributed by atoms with van der Waals surface area (Å²) < 4.78 is 5.38. The summed E-state index contributed by atoms with van der Waals surface area (Å²) in [5.74, 6) is 1.75. The van der Waals surface area contributed by atoms with Gasteiger partial charge in [-0.2, -0.15) is 0 Å². The van der Waals surface area contributed by atoms with Crippen LogP contribution in [0.3, 0.4) is 0 Å². The minimum atomic E-state index is 0. The summed E-state index contributed by atoms with van der Waals surface area (Å²) in [6.45, 7) is 5.54. The van der Waals surface area contributed by atoms with Crippen molar-refractivity contribution in [1.29, 1.82) is 0 Å². The molecule has 1 aromatic carbocycles. The molecular formula is C20H35IN4O. The molecular weight excluding hydrogens is 439 g/mol. The third kappa shape index (κ3) is 8.58. The van der Waals surface area contributed by atoms with Crippen molar-refractivity contribution >= 4 is 29.9 Å². The van der Waals surface area contributed by atoms with Crippen LogP contribution < -0.4 is 15.4 Å². The maximum atomic E-state index is 5.38. The second-order valence-corrected chi connectivity index (χ2v) is 6.63. The van der Waals surface area contributed by atoms with E-state index in [1.807, 2.05) is 25.2 Å². The van der Waals surface area contributed by atoms with Gasteiger partial charge in [-0.1, -0.05) is 31.0 Å². The number of aliphatic imine (C=N–C) groups is 1. The predicted octanol–water partition coefficient (Wildman–Crippen LogP) is 3.63. The highest BCUT2D eigenvalue weighted by atomic mass is 127. The molecule has 0 spiro atoms. The lowest BCUT2D eigenvalue weighted by Gasteiger charge is -2.26. The zero-order valence-corrected chi connectivity index (χ0v) is 18.6. The van der Waals surface area contributed by atoms with Crippen molar-refractivity contribution in [3.63, 3.8) is 0 Å². The topological polar surface area (TPSA) is 48.9 Å². The molecule has 0 aliphatic carbocycles. The Kier molecular flexibility index (Phi) is 12.5. The van der Waals surface area contributed by atoms with E-state index in [-0.39, 0.29) is 24.0 Å². The number of para-hydroxylation sites is 1. The van der Waals surface area contributed by atoms with Crippen LogP contribution in [0.1, 0.15) is 44.1 Å². The van der Waals surface area contributed by atoms with Gasteiger partial charge in [0, 0.05) is 25.7 Å². The number of nitrogens with one attached hydrogen (secondary N) is 2. The number of benzene rings is 1. The summed E-state index contributed by atoms with van der Waals surface area (Å²) in [7, 11) is 3.52. The van der Waals surface area contributed by atoms with Gasteiger partial charge in [0.1, 0.15) is 5.75 Å². The molecule has 1 saturated heterocycles. The standard InChI is InChI=1S/C20H34N4O.HI/c1-21-20(23-17-18-11-5-6-12-19(18)25-2)22-13-7-3-8-14-24-15-9-4-10-16-24;/h5-6,11-12H,3-4,7-10,13-17H2,1-2H3,(H2,21,22,23);1H. The SMILES string of the molecule is CN=C(NCCCCCN1CCCCC1)NCc1ccccc1OC.I. The summed E-state index contributed by atoms with van der Waals surface area (Å²) in [5, 5.41) is 6.75. The van der Waals surface area contributed by atoms with Crippen molar-refractivity contribution < 1.29 is 4.74 Å². The van der Waals surface area contributed by atoms with E-state index < -0.39 is 0 Å². The first-order valence-electron chi connectivity index (χ1n) is 9.62. The Balaban J connectivity index is 0.00000338. The molecule has 2 rings (SSSR count). The predicted molar refractivity (Wildman–Crippen MR) is 121 cm³/mol. The lowest BCUT2D eigenvalue weighted by atomic mass is 10.1. The van der Waals surface area contributed by atoms with E-state index in [0.717, 1.165) is 23.8 Å². The monoisotopic (exact) mass is 474 g/mol. The van der Waals surface area contributed by atoms with Crippen LogP contribution in [0.25, 0.3) is 0 Å². The van der Waals surface area contributed by atoms with Gasteiger partial charge in [0.05, 0.1) is 7.11 Å². The number of unbranched alkanes of at least 4 members (excludes halogenated alkanes) is 2. The first kappa shape index (κ1) is 23.0. The number of guanidine groups is 1. The number of piperidine rings is 1. The molecule has 0 aromatic heterocycles. The summed E-state index contributed by atoms with van der Waals surface area (Å²) in [4.78, 5) is 6.91. The number of ether oxygens (including phenoxy) is 1. The highest BCUT2D eigenvalue weighted by Gasteiger charge is 2.08. The number of nitrogens with zero attached hydrogens (tertiary/aromatic N) is 2. The van der Waals surface area contributed by atoms with Crippen LogP contribution in [0.5, 0.6) is 5.75 Å². The van der Waals surface area contributed by atoms with E-state index in [2.05, 4.69) is 26.6 Å². The van der Waals surface area contributed by atoms with E-state index in [1.165, 1.54) is 58.2 Å². The van der Waals surface area contributed by atoms with Gasteiger partial charge in [-0.3, -0.25) is 4.99 Å². The lowest BCUT2D eigenvalue weighted by molar-refractivity contribution is 0.224. The molecule has 6 heteroatoms. The van der Waals surface area contributed by atoms with Gasteiger partial charge in [0.15, 0.2) is 5.96 Å². The molecule has 1 fully saturated rings. The number of hydrogen-bond acceptors (Lipinski definition) is 3. The van der Waals surface area contributed by atoms with Crippen molar-refractivity contribution in [3.05, 3.63) is 29.8 Å². The Bertz CT molecular complexity index is 518. The van der Waals surface area contributed by atoms with E-state index in [4.69, 9.17) is 4.74 Å². The van der Waals surface area contributed by atoms with Gasteiger partial charge < -0.3 is 20.3 Å². The van der Waals surface area contributed by atoms with Crippen molar-refractivity contribution in [2.75, 3.05) is 40.3 Å². The maximum Gasteiger partial charge on any atom is 0.191 e. The van der Waals surface area contributed by atoms with Crippen LogP contribution in [0.4, 0.5) is 0 Å². The van der Waals surface area contributed by atoms with Gasteiger partial charge in [-0.25, -0.2) is 0 Å². The molecule has 0 bridgehead atoms. The minimum Gasteiger partial charge on any atom is -0.496 e. The van der Waals surface area contributed by atoms with E-state index in [0.29, 0.717) is 6.54 Å². The van der Waals surface area contributed by atoms with Gasteiger partial charge in [-0.15, -0.1) is 24.0 Å². The van der Waals surface area contributed by atoms with Crippen LogP contribution in [0.2, 0.25) is 0 Å². The zero-order chi connectivity index (χ0) is 17.7. The first-order valence-corrected chi connectivity index (χ1v) is 9.62. The first-order chi connectivity index (χ1) is 12.3. The molecule has 1 aliphatic heterocycles. The molecule has 0 amide bonds. The molecule has 1 aromatic rings. The second-order valence-electron chi connectivity index (χ2n) is 6.63. The summed E-state index contributed by atoms with van der Waals surface area (Å²) in [6, 6.07) is 8.06. The Morgan fingerprint density at radius 3 is 2.58 bits per heavy atom. The maximum absolute atomic E-state index is 5.38. The molecule has 148 valence electrons. The Morgan fingerprint density at radius 1 is 1.08 bits per heavy atom. The van der Waals surface area contributed by atoms with Crippen molar-refractivity contribution in [3.8, 4) is 5.75 Å². The molecule has 0 radical (unpaired) electrons. The Labute approximate surface area is 176 Å². The lowest BCUT2D eigenvalue weighted by Crippen LogP contribution is -2.37. The molecule has 2 N–H and O–H groups in total. The third-order valence-corrected chi connectivity index (χ3v) is 4.75. The highest BCUT2D eigenvalue weighted by molar-refractivity contribution is 14.0. The molecule has 0 saturated carbocycles. The summed E-state index contributed by atoms with van der Waals surface area (Å²) in [5.41, 5.74) is 1.13. The van der Waals surface area contributed by atoms with Gasteiger partial charge >= 0.3 is 0 Å². The van der Waals surface area contributed by atoms with Crippen LogP contribution in [-0.2, 0) is 6.54 Å². The van der Waals surface area contributed by atoms with Gasteiger partial charge in [0.25, 0.3) is 0 Å². The van der Waals surface area contributed by atoms with E-state index in [9.17, 15) is 0 Å². The molecule has 0 atom stereocenters. The molecule has 0 unspecified atom stereocenters. The Hall–Kier alpha value is -1.02. The fourth-order valence-corrected chi connectivity index (χ4v) is 3.28. The molecule has 26 heavy (non-hydrogen) atoms. The van der Waals surface area contributed by atoms with E-state index >= 15 is 0 Å². The zero-order valence-electron chi connectivity index (χ0n) is 16.3. The van der Waals surface area contributed by atoms with Gasteiger partial charge in [-0.05, 0) is 51.4 Å². The minimum absolute atomic E-state index is 0. The normalized spacial score (nSPS) is 15.2. The highest BCUT2D eigenvalue weighted by Crippen LogP contribution is 2.16. The third-order valence-electron chi connectivity index (χ3n) is 4.75. The molecule has 1 aliphatic rings. The number of rotatable bonds is 9. The van der Waals surface area contributed by atoms with Crippen molar-refractivity contribution in [1.82, 2.24) is 15.5 Å². The molecule has 5 nitrogen and oxygen atoms in total. The van der Waals surface area contributed by atoms with Crippen LogP contribution >= 0.6 is 24.0 Å². The Morgan fingerprint density at radius 2 is 1.85 bits per heavy atom. The smallest absolute Gasteiger partial charge is 0.191 e. The average molecular weight is 474 g/mol. The van der Waals surface area contributed by atoms with Gasteiger partial charge in [0.2, 0.25) is 0 Å². The summed E-state index contributed by atoms with van der Waals surface area (Å²) >= 11 is 0. The fourth-order valence-electron chi connectivity index (χ4n) is 3.28. The van der Waals surface area contributed by atoms with Crippen LogP contribution in [0, 0.1) is 0 Å². The summed E-state index contributed by atoms with van der Waals surface area (Å²) in [6.07, 6.45) is 7.94.